The number of fused-ring (bicyclic) bond motifs is 6. The molecule has 256 valence electrons. The highest BCUT2D eigenvalue weighted by molar-refractivity contribution is 6.07. The van der Waals surface area contributed by atoms with E-state index in [0.29, 0.717) is 0 Å². The van der Waals surface area contributed by atoms with Crippen LogP contribution in [0.4, 0.5) is 17.1 Å². The zero-order valence-corrected chi connectivity index (χ0v) is 30.5. The Labute approximate surface area is 317 Å². The molecule has 10 rings (SSSR count). The molecule has 0 radical (unpaired) electrons. The molecule has 1 heteroatoms. The van der Waals surface area contributed by atoms with Gasteiger partial charge in [0.25, 0.3) is 0 Å². The Morgan fingerprint density at radius 3 is 1.54 bits per heavy atom. The third-order valence-corrected chi connectivity index (χ3v) is 11.4. The normalized spacial score (nSPS) is 12.8. The van der Waals surface area contributed by atoms with Gasteiger partial charge in [-0.2, -0.15) is 0 Å². The zero-order valence-electron chi connectivity index (χ0n) is 30.5. The molecule has 0 heterocycles. The Morgan fingerprint density at radius 1 is 0.370 bits per heavy atom. The number of hydrogen-bond acceptors (Lipinski definition) is 1. The van der Waals surface area contributed by atoms with Crippen molar-refractivity contribution >= 4 is 38.6 Å². The Morgan fingerprint density at radius 2 is 0.870 bits per heavy atom. The molecule has 0 saturated heterocycles. The van der Waals surface area contributed by atoms with Crippen molar-refractivity contribution in [2.45, 2.75) is 19.3 Å². The number of benzene rings is 9. The van der Waals surface area contributed by atoms with E-state index in [0.717, 1.165) is 11.4 Å². The molecule has 0 N–H and O–H groups in total. The average Bonchev–Trinajstić information content (AvgIpc) is 3.48. The molecular formula is C53H39N. The van der Waals surface area contributed by atoms with E-state index in [9.17, 15) is 0 Å². The van der Waals surface area contributed by atoms with Crippen LogP contribution in [0.25, 0.3) is 66.1 Å². The summed E-state index contributed by atoms with van der Waals surface area (Å²) in [6.45, 7) is 4.78. The van der Waals surface area contributed by atoms with Crippen molar-refractivity contribution in [2.75, 3.05) is 4.90 Å². The largest absolute Gasteiger partial charge is 0.310 e. The summed E-state index contributed by atoms with van der Waals surface area (Å²) in [7, 11) is 0. The van der Waals surface area contributed by atoms with E-state index in [1.165, 1.54) is 82.9 Å². The van der Waals surface area contributed by atoms with Crippen molar-refractivity contribution < 1.29 is 0 Å². The molecule has 0 saturated carbocycles. The van der Waals surface area contributed by atoms with Crippen LogP contribution in [0.2, 0.25) is 0 Å². The molecule has 0 aliphatic heterocycles. The van der Waals surface area contributed by atoms with Gasteiger partial charge in [0.2, 0.25) is 0 Å². The average molecular weight is 690 g/mol. The fraction of sp³-hybridized carbons (Fsp3) is 0.0566. The first kappa shape index (κ1) is 32.0. The van der Waals surface area contributed by atoms with Crippen molar-refractivity contribution in [3.63, 3.8) is 0 Å². The van der Waals surface area contributed by atoms with Gasteiger partial charge in [0.05, 0.1) is 5.69 Å². The molecule has 0 spiro atoms. The fourth-order valence-corrected chi connectivity index (χ4v) is 8.90. The Hall–Kier alpha value is -6.70. The summed E-state index contributed by atoms with van der Waals surface area (Å²) < 4.78 is 0. The molecule has 0 bridgehead atoms. The van der Waals surface area contributed by atoms with E-state index in [-0.39, 0.29) is 5.41 Å². The first-order valence-electron chi connectivity index (χ1n) is 18.9. The van der Waals surface area contributed by atoms with Crippen molar-refractivity contribution in [1.82, 2.24) is 0 Å². The zero-order chi connectivity index (χ0) is 36.2. The first-order valence-corrected chi connectivity index (χ1v) is 18.9. The van der Waals surface area contributed by atoms with E-state index in [1.807, 2.05) is 0 Å². The summed E-state index contributed by atoms with van der Waals surface area (Å²) in [5.41, 5.74) is 16.0. The molecule has 0 atom stereocenters. The minimum absolute atomic E-state index is 0.204. The van der Waals surface area contributed by atoms with E-state index in [2.05, 4.69) is 219 Å². The number of hydrogen-bond donors (Lipinski definition) is 0. The van der Waals surface area contributed by atoms with Crippen LogP contribution in [0.1, 0.15) is 25.0 Å². The molecule has 1 nitrogen and oxygen atoms in total. The molecule has 0 fully saturated rings. The van der Waals surface area contributed by atoms with Crippen LogP contribution in [0.3, 0.4) is 0 Å². The monoisotopic (exact) mass is 689 g/mol. The predicted molar refractivity (Wildman–Crippen MR) is 230 cm³/mol. The van der Waals surface area contributed by atoms with Gasteiger partial charge in [-0.1, -0.05) is 184 Å². The van der Waals surface area contributed by atoms with Crippen molar-refractivity contribution in [2.24, 2.45) is 0 Å². The second-order valence-electron chi connectivity index (χ2n) is 14.9. The third kappa shape index (κ3) is 5.16. The molecule has 0 aromatic heterocycles. The topological polar surface area (TPSA) is 3.24 Å². The standard InChI is InChI=1S/C53H39N/c1-53(2)48-35-30-39-18-9-10-21-46(39)51(48)47-24-13-25-49(52(47)53)54(42-31-26-37(27-32-42)36-14-5-3-6-15-36)43-33-28-40(29-34-43)45-23-12-20-41-19-11-22-44(50(41)45)38-16-7-4-8-17-38/h3-35H,1-2H3. The Balaban J connectivity index is 1.15. The number of anilines is 3. The van der Waals surface area contributed by atoms with E-state index < -0.39 is 0 Å². The van der Waals surface area contributed by atoms with Crippen LogP contribution < -0.4 is 4.90 Å². The van der Waals surface area contributed by atoms with Crippen molar-refractivity contribution in [3.8, 4) is 44.5 Å². The van der Waals surface area contributed by atoms with Gasteiger partial charge in [-0.25, -0.2) is 0 Å². The summed E-state index contributed by atoms with van der Waals surface area (Å²) in [4.78, 5) is 2.46. The van der Waals surface area contributed by atoms with Crippen LogP contribution in [0.5, 0.6) is 0 Å². The molecule has 1 aliphatic rings. The molecule has 9 aromatic rings. The number of nitrogens with zero attached hydrogens (tertiary/aromatic N) is 1. The van der Waals surface area contributed by atoms with Crippen LogP contribution in [0.15, 0.2) is 200 Å². The number of rotatable bonds is 6. The summed E-state index contributed by atoms with van der Waals surface area (Å²) >= 11 is 0. The van der Waals surface area contributed by atoms with Gasteiger partial charge in [-0.05, 0) is 108 Å². The van der Waals surface area contributed by atoms with Crippen LogP contribution in [0, 0.1) is 0 Å². The highest BCUT2D eigenvalue weighted by Crippen LogP contribution is 2.56. The van der Waals surface area contributed by atoms with Gasteiger partial charge in [0.15, 0.2) is 0 Å². The molecule has 54 heavy (non-hydrogen) atoms. The van der Waals surface area contributed by atoms with Crippen LogP contribution in [-0.4, -0.2) is 0 Å². The van der Waals surface area contributed by atoms with E-state index in [1.54, 1.807) is 0 Å². The summed E-state index contributed by atoms with van der Waals surface area (Å²) in [6, 6.07) is 73.2. The van der Waals surface area contributed by atoms with E-state index in [4.69, 9.17) is 0 Å². The summed E-state index contributed by atoms with van der Waals surface area (Å²) in [5.74, 6) is 0. The van der Waals surface area contributed by atoms with Crippen molar-refractivity contribution in [3.05, 3.63) is 211 Å². The minimum atomic E-state index is -0.204. The Kier molecular flexibility index (Phi) is 7.56. The third-order valence-electron chi connectivity index (χ3n) is 11.4. The fourth-order valence-electron chi connectivity index (χ4n) is 8.90. The van der Waals surface area contributed by atoms with Gasteiger partial charge >= 0.3 is 0 Å². The Bertz CT molecular complexity index is 2810. The van der Waals surface area contributed by atoms with Crippen molar-refractivity contribution in [1.29, 1.82) is 0 Å². The highest BCUT2D eigenvalue weighted by atomic mass is 15.1. The second-order valence-corrected chi connectivity index (χ2v) is 14.9. The molecule has 0 amide bonds. The minimum Gasteiger partial charge on any atom is -0.310 e. The van der Waals surface area contributed by atoms with Crippen LogP contribution in [-0.2, 0) is 5.41 Å². The molecule has 1 aliphatic carbocycles. The quantitative estimate of drug-likeness (QED) is 0.168. The van der Waals surface area contributed by atoms with Crippen LogP contribution >= 0.6 is 0 Å². The maximum absolute atomic E-state index is 2.46. The van der Waals surface area contributed by atoms with Gasteiger partial charge in [-0.3, -0.25) is 0 Å². The maximum atomic E-state index is 2.46. The second kappa shape index (κ2) is 12.8. The smallest absolute Gasteiger partial charge is 0.0508 e. The lowest BCUT2D eigenvalue weighted by Gasteiger charge is -2.32. The summed E-state index contributed by atoms with van der Waals surface area (Å²) in [6.07, 6.45) is 0. The predicted octanol–water partition coefficient (Wildman–Crippen LogP) is 14.8. The molecule has 9 aromatic carbocycles. The van der Waals surface area contributed by atoms with E-state index >= 15 is 0 Å². The lowest BCUT2D eigenvalue weighted by atomic mass is 9.81. The summed E-state index contributed by atoms with van der Waals surface area (Å²) in [5, 5.41) is 5.11. The van der Waals surface area contributed by atoms with Gasteiger partial charge in [-0.15, -0.1) is 0 Å². The molecule has 0 unspecified atom stereocenters. The van der Waals surface area contributed by atoms with Gasteiger partial charge in [0, 0.05) is 16.8 Å². The molecular weight excluding hydrogens is 651 g/mol. The lowest BCUT2D eigenvalue weighted by Crippen LogP contribution is -2.20. The first-order chi connectivity index (χ1) is 26.6. The van der Waals surface area contributed by atoms with Gasteiger partial charge < -0.3 is 4.90 Å². The lowest BCUT2D eigenvalue weighted by molar-refractivity contribution is 0.661. The maximum Gasteiger partial charge on any atom is 0.0508 e. The highest BCUT2D eigenvalue weighted by Gasteiger charge is 2.39. The van der Waals surface area contributed by atoms with Gasteiger partial charge in [0.1, 0.15) is 0 Å². The SMILES string of the molecule is CC1(C)c2ccc3ccccc3c2-c2cccc(N(c3ccc(-c4ccccc4)cc3)c3ccc(-c4cccc5cccc(-c6ccccc6)c45)cc3)c21.